The number of carbonyl (C=O) groups is 4. The number of rotatable bonds is 5. The summed E-state index contributed by atoms with van der Waals surface area (Å²) in [7, 11) is 0. The highest BCUT2D eigenvalue weighted by molar-refractivity contribution is 6.52. The fraction of sp³-hybridized carbons (Fsp3) is 0.250. The maximum absolute atomic E-state index is 12.2. The van der Waals surface area contributed by atoms with Crippen molar-refractivity contribution in [2.75, 3.05) is 6.61 Å². The Labute approximate surface area is 136 Å². The Balaban J connectivity index is 2.84. The Kier molecular flexibility index (Phi) is 4.68. The molecule has 124 valence electrons. The third-order valence-electron chi connectivity index (χ3n) is 3.54. The first-order valence-corrected chi connectivity index (χ1v) is 7.05. The number of ether oxygens (including phenoxy) is 1. The van der Waals surface area contributed by atoms with Crippen LogP contribution in [0.1, 0.15) is 29.8 Å². The van der Waals surface area contributed by atoms with E-state index in [1.807, 2.05) is 0 Å². The molecule has 0 N–H and O–H groups in total. The van der Waals surface area contributed by atoms with Crippen molar-refractivity contribution in [2.24, 2.45) is 5.92 Å². The zero-order chi connectivity index (χ0) is 18.0. The lowest BCUT2D eigenvalue weighted by Gasteiger charge is -2.21. The van der Waals surface area contributed by atoms with Crippen LogP contribution in [0.3, 0.4) is 0 Å². The summed E-state index contributed by atoms with van der Waals surface area (Å²) in [5, 5.41) is 11.3. The lowest BCUT2D eigenvalue weighted by molar-refractivity contribution is -0.417. The minimum absolute atomic E-state index is 0.0158. The molecule has 24 heavy (non-hydrogen) atoms. The molecule has 8 heteroatoms. The van der Waals surface area contributed by atoms with E-state index in [4.69, 9.17) is 4.74 Å². The molecule has 0 fully saturated rings. The second kappa shape index (κ2) is 6.53. The van der Waals surface area contributed by atoms with Gasteiger partial charge in [-0.15, -0.1) is 0 Å². The molecule has 0 saturated carbocycles. The van der Waals surface area contributed by atoms with Crippen LogP contribution in [-0.2, 0) is 19.1 Å². The number of fused-ring (bicyclic) bond motifs is 1. The number of ketones is 3. The number of benzene rings is 1. The highest BCUT2D eigenvalue weighted by Gasteiger charge is 2.46. The number of esters is 1. The van der Waals surface area contributed by atoms with E-state index < -0.39 is 45.4 Å². The summed E-state index contributed by atoms with van der Waals surface area (Å²) in [5.41, 5.74) is -1.53. The van der Waals surface area contributed by atoms with Gasteiger partial charge >= 0.3 is 17.4 Å². The van der Waals surface area contributed by atoms with Gasteiger partial charge in [-0.3, -0.25) is 29.3 Å². The summed E-state index contributed by atoms with van der Waals surface area (Å²) in [5.74, 6) is -5.78. The van der Waals surface area contributed by atoms with Crippen LogP contribution < -0.4 is 0 Å². The highest BCUT2D eigenvalue weighted by Crippen LogP contribution is 2.36. The number of nitrogens with zero attached hydrogens (tertiary/aromatic N) is 1. The van der Waals surface area contributed by atoms with E-state index in [2.05, 4.69) is 0 Å². The maximum atomic E-state index is 12.2. The monoisotopic (exact) mass is 331 g/mol. The Morgan fingerprint density at radius 1 is 1.17 bits per heavy atom. The topological polar surface area (TPSA) is 121 Å². The van der Waals surface area contributed by atoms with Crippen molar-refractivity contribution in [3.8, 4) is 0 Å². The predicted octanol–water partition coefficient (Wildman–Crippen LogP) is 1.21. The SMILES string of the molecule is CCOC(=O)[C@@H](C(C)=O)C1=C([N+](=O)[O-])C(=O)C(=O)c2ccccc21. The van der Waals surface area contributed by atoms with Gasteiger partial charge in [-0.1, -0.05) is 24.3 Å². The first kappa shape index (κ1) is 17.2. The maximum Gasteiger partial charge on any atom is 0.325 e. The average molecular weight is 331 g/mol. The second-order valence-electron chi connectivity index (χ2n) is 5.02. The van der Waals surface area contributed by atoms with Crippen LogP contribution in [0.4, 0.5) is 0 Å². The molecule has 1 aliphatic carbocycles. The van der Waals surface area contributed by atoms with Crippen molar-refractivity contribution in [1.82, 2.24) is 0 Å². The van der Waals surface area contributed by atoms with Crippen LogP contribution in [0, 0.1) is 16.0 Å². The molecule has 0 bridgehead atoms. The van der Waals surface area contributed by atoms with E-state index in [0.29, 0.717) is 0 Å². The molecule has 2 rings (SSSR count). The molecular formula is C16H13NO7. The van der Waals surface area contributed by atoms with Gasteiger partial charge < -0.3 is 4.74 Å². The van der Waals surface area contributed by atoms with E-state index in [1.165, 1.54) is 31.2 Å². The third-order valence-corrected chi connectivity index (χ3v) is 3.54. The van der Waals surface area contributed by atoms with Crippen molar-refractivity contribution in [3.63, 3.8) is 0 Å². The zero-order valence-corrected chi connectivity index (χ0v) is 12.9. The molecule has 1 aromatic rings. The standard InChI is InChI=1S/C16H13NO7/c1-3-24-16(21)11(8(2)18)12-9-6-4-5-7-10(9)14(19)15(20)13(12)17(22)23/h4-7,11H,3H2,1-2H3/t11-/m0/s1. The Bertz CT molecular complexity index is 806. The van der Waals surface area contributed by atoms with Gasteiger partial charge in [0.15, 0.2) is 0 Å². The molecular weight excluding hydrogens is 318 g/mol. The molecule has 1 aliphatic rings. The number of allylic oxidation sites excluding steroid dienone is 1. The van der Waals surface area contributed by atoms with Gasteiger partial charge in [-0.2, -0.15) is 0 Å². The smallest absolute Gasteiger partial charge is 0.325 e. The van der Waals surface area contributed by atoms with Crippen LogP contribution in [0.2, 0.25) is 0 Å². The van der Waals surface area contributed by atoms with Gasteiger partial charge in [0.05, 0.1) is 17.1 Å². The molecule has 0 saturated heterocycles. The van der Waals surface area contributed by atoms with Crippen molar-refractivity contribution in [1.29, 1.82) is 0 Å². The molecule has 0 unspecified atom stereocenters. The first-order chi connectivity index (χ1) is 11.3. The molecule has 0 amide bonds. The normalized spacial score (nSPS) is 14.9. The number of hydrogen-bond donors (Lipinski definition) is 0. The summed E-state index contributed by atoms with van der Waals surface area (Å²) in [6, 6.07) is 5.63. The summed E-state index contributed by atoms with van der Waals surface area (Å²) < 4.78 is 4.81. The van der Waals surface area contributed by atoms with Crippen molar-refractivity contribution in [2.45, 2.75) is 13.8 Å². The number of hydrogen-bond acceptors (Lipinski definition) is 7. The van der Waals surface area contributed by atoms with Crippen LogP contribution in [0.5, 0.6) is 0 Å². The minimum Gasteiger partial charge on any atom is -0.465 e. The Morgan fingerprint density at radius 3 is 2.25 bits per heavy atom. The van der Waals surface area contributed by atoms with Crippen LogP contribution in [0.15, 0.2) is 30.0 Å². The predicted molar refractivity (Wildman–Crippen MR) is 80.5 cm³/mol. The summed E-state index contributed by atoms with van der Waals surface area (Å²) >= 11 is 0. The molecule has 1 aromatic carbocycles. The largest absolute Gasteiger partial charge is 0.465 e. The van der Waals surface area contributed by atoms with Crippen molar-refractivity contribution < 1.29 is 28.8 Å². The molecule has 8 nitrogen and oxygen atoms in total. The summed E-state index contributed by atoms with van der Waals surface area (Å²) in [6.07, 6.45) is 0. The quantitative estimate of drug-likeness (QED) is 0.261. The van der Waals surface area contributed by atoms with Crippen LogP contribution in [0.25, 0.3) is 5.57 Å². The fourth-order valence-electron chi connectivity index (χ4n) is 2.58. The Hall–Kier alpha value is -3.16. The average Bonchev–Trinajstić information content (AvgIpc) is 2.52. The molecule has 1 atom stereocenters. The van der Waals surface area contributed by atoms with Gasteiger partial charge in [-0.05, 0) is 19.4 Å². The minimum atomic E-state index is -1.65. The molecule has 0 heterocycles. The number of nitro groups is 1. The first-order valence-electron chi connectivity index (χ1n) is 7.05. The fourth-order valence-corrected chi connectivity index (χ4v) is 2.58. The van der Waals surface area contributed by atoms with E-state index in [-0.39, 0.29) is 17.7 Å². The van der Waals surface area contributed by atoms with E-state index in [1.54, 1.807) is 0 Å². The second-order valence-corrected chi connectivity index (χ2v) is 5.02. The number of Topliss-reactive ketones (excluding diaryl/α,β-unsaturated/α-hetero) is 3. The van der Waals surface area contributed by atoms with Crippen LogP contribution in [-0.4, -0.2) is 34.8 Å². The molecule has 0 spiro atoms. The van der Waals surface area contributed by atoms with Crippen LogP contribution >= 0.6 is 0 Å². The Morgan fingerprint density at radius 2 is 1.75 bits per heavy atom. The van der Waals surface area contributed by atoms with E-state index in [0.717, 1.165) is 6.92 Å². The summed E-state index contributed by atoms with van der Waals surface area (Å²) in [4.78, 5) is 58.6. The lowest BCUT2D eigenvalue weighted by atomic mass is 9.79. The van der Waals surface area contributed by atoms with Crippen molar-refractivity contribution in [3.05, 3.63) is 51.2 Å². The third kappa shape index (κ3) is 2.73. The van der Waals surface area contributed by atoms with E-state index in [9.17, 15) is 29.3 Å². The molecule has 0 aliphatic heterocycles. The number of carbonyl (C=O) groups excluding carboxylic acids is 4. The molecule has 0 aromatic heterocycles. The van der Waals surface area contributed by atoms with Gasteiger partial charge in [-0.25, -0.2) is 0 Å². The summed E-state index contributed by atoms with van der Waals surface area (Å²) in [6.45, 7) is 2.54. The highest BCUT2D eigenvalue weighted by atomic mass is 16.6. The van der Waals surface area contributed by atoms with Gasteiger partial charge in [0, 0.05) is 5.56 Å². The molecule has 0 radical (unpaired) electrons. The zero-order valence-electron chi connectivity index (χ0n) is 12.9. The van der Waals surface area contributed by atoms with Crippen molar-refractivity contribution >= 4 is 28.9 Å². The van der Waals surface area contributed by atoms with Gasteiger partial charge in [0.25, 0.3) is 0 Å². The lowest BCUT2D eigenvalue weighted by Crippen LogP contribution is -2.34. The van der Waals surface area contributed by atoms with Gasteiger partial charge in [0.2, 0.25) is 5.78 Å². The van der Waals surface area contributed by atoms with Gasteiger partial charge in [0.1, 0.15) is 11.7 Å². The van der Waals surface area contributed by atoms with E-state index >= 15 is 0 Å².